The van der Waals surface area contributed by atoms with Crippen molar-refractivity contribution in [2.75, 3.05) is 26.2 Å². The van der Waals surface area contributed by atoms with Crippen LogP contribution >= 0.6 is 40.7 Å². The van der Waals surface area contributed by atoms with E-state index in [1.165, 1.54) is 11.1 Å². The van der Waals surface area contributed by atoms with Crippen LogP contribution in [0, 0.1) is 6.92 Å². The first kappa shape index (κ1) is 28.0. The van der Waals surface area contributed by atoms with Crippen LogP contribution in [0.4, 0.5) is 0 Å². The Bertz CT molecular complexity index is 700. The summed E-state index contributed by atoms with van der Waals surface area (Å²) in [6.45, 7) is 11.2. The highest BCUT2D eigenvalue weighted by Gasteiger charge is 2.12. The van der Waals surface area contributed by atoms with Crippen LogP contribution in [-0.2, 0) is 13.2 Å². The second-order valence-electron chi connectivity index (χ2n) is 6.50. The molecule has 0 aliphatic rings. The minimum absolute atomic E-state index is 0. The third kappa shape index (κ3) is 10.1. The van der Waals surface area contributed by atoms with E-state index in [1.54, 1.807) is 0 Å². The van der Waals surface area contributed by atoms with E-state index in [9.17, 15) is 0 Å². The number of ether oxygens (including phenoxy) is 2. The molecule has 0 amide bonds. The van der Waals surface area contributed by atoms with E-state index in [4.69, 9.17) is 9.47 Å². The number of benzene rings is 2. The van der Waals surface area contributed by atoms with Gasteiger partial charge in [-0.1, -0.05) is 36.8 Å². The molecule has 0 aliphatic carbocycles. The quantitative estimate of drug-likeness (QED) is 0.363. The molecule has 2 N–H and O–H groups in total. The predicted octanol–water partition coefficient (Wildman–Crippen LogP) is 5.67. The molecule has 0 aliphatic heterocycles. The van der Waals surface area contributed by atoms with Crippen LogP contribution in [0.3, 0.4) is 0 Å². The van der Waals surface area contributed by atoms with Crippen molar-refractivity contribution in [2.45, 2.75) is 40.3 Å². The van der Waals surface area contributed by atoms with E-state index in [0.717, 1.165) is 54.1 Å². The molecule has 2 aromatic rings. The van der Waals surface area contributed by atoms with Gasteiger partial charge in [-0.05, 0) is 79.1 Å². The van der Waals surface area contributed by atoms with Crippen LogP contribution in [0.1, 0.15) is 37.0 Å². The Hall–Kier alpha value is -0.980. The van der Waals surface area contributed by atoms with Gasteiger partial charge in [-0.25, -0.2) is 0 Å². The van der Waals surface area contributed by atoms with Gasteiger partial charge in [0.25, 0.3) is 0 Å². The van der Waals surface area contributed by atoms with Gasteiger partial charge < -0.3 is 20.1 Å². The molecule has 0 spiro atoms. The molecule has 0 heterocycles. The Morgan fingerprint density at radius 3 is 2.24 bits per heavy atom. The summed E-state index contributed by atoms with van der Waals surface area (Å²) >= 11 is 3.65. The van der Waals surface area contributed by atoms with Crippen LogP contribution in [0.5, 0.6) is 11.5 Å². The van der Waals surface area contributed by atoms with Crippen molar-refractivity contribution in [1.82, 2.24) is 10.6 Å². The summed E-state index contributed by atoms with van der Waals surface area (Å²) in [5.41, 5.74) is 3.56. The molecule has 0 radical (unpaired) electrons. The number of halogens is 3. The molecule has 0 atom stereocenters. The fraction of sp³-hybridized carbons (Fsp3) is 0.455. The number of rotatable bonds is 12. The van der Waals surface area contributed by atoms with E-state index in [2.05, 4.69) is 76.8 Å². The second-order valence-corrected chi connectivity index (χ2v) is 7.35. The average Bonchev–Trinajstić information content (AvgIpc) is 2.65. The van der Waals surface area contributed by atoms with Gasteiger partial charge in [0.2, 0.25) is 0 Å². The first-order valence-electron chi connectivity index (χ1n) is 9.69. The largest absolute Gasteiger partial charge is 0.490 e. The fourth-order valence-corrected chi connectivity index (χ4v) is 3.32. The number of hydrogen-bond donors (Lipinski definition) is 2. The van der Waals surface area contributed by atoms with E-state index < -0.39 is 0 Å². The Kier molecular flexibility index (Phi) is 15.3. The van der Waals surface area contributed by atoms with Crippen molar-refractivity contribution < 1.29 is 9.47 Å². The molecule has 29 heavy (non-hydrogen) atoms. The first-order valence-corrected chi connectivity index (χ1v) is 10.5. The lowest BCUT2D eigenvalue weighted by molar-refractivity contribution is 0.267. The lowest BCUT2D eigenvalue weighted by Gasteiger charge is -2.16. The summed E-state index contributed by atoms with van der Waals surface area (Å²) in [7, 11) is 0. The molecule has 0 saturated heterocycles. The van der Waals surface area contributed by atoms with Crippen molar-refractivity contribution >= 4 is 40.7 Å². The maximum atomic E-state index is 6.07. The highest BCUT2D eigenvalue weighted by Crippen LogP contribution is 2.37. The summed E-state index contributed by atoms with van der Waals surface area (Å²) in [5, 5.41) is 6.82. The molecule has 2 rings (SSSR count). The normalized spacial score (nSPS) is 10.1. The first-order chi connectivity index (χ1) is 13.1. The third-order valence-corrected chi connectivity index (χ3v) is 4.75. The summed E-state index contributed by atoms with van der Waals surface area (Å²) in [4.78, 5) is 0. The van der Waals surface area contributed by atoms with Crippen molar-refractivity contribution in [3.8, 4) is 11.5 Å². The predicted molar refractivity (Wildman–Crippen MR) is 130 cm³/mol. The zero-order valence-electron chi connectivity index (χ0n) is 17.4. The minimum Gasteiger partial charge on any atom is -0.490 e. The molecule has 0 saturated carbocycles. The molecule has 0 aromatic heterocycles. The van der Waals surface area contributed by atoms with Crippen LogP contribution in [0.25, 0.3) is 0 Å². The lowest BCUT2D eigenvalue weighted by Crippen LogP contribution is -2.21. The molecule has 4 nitrogen and oxygen atoms in total. The Balaban J connectivity index is 0.00000392. The number of aryl methyl sites for hydroxylation is 1. The maximum Gasteiger partial charge on any atom is 0.175 e. The lowest BCUT2D eigenvalue weighted by atomic mass is 10.1. The number of hydrogen-bond acceptors (Lipinski definition) is 4. The molecule has 0 unspecified atom stereocenters. The Labute approximate surface area is 196 Å². The fourth-order valence-electron chi connectivity index (χ4n) is 2.71. The molecule has 0 fully saturated rings. The van der Waals surface area contributed by atoms with Gasteiger partial charge in [0, 0.05) is 6.54 Å². The van der Waals surface area contributed by atoms with Gasteiger partial charge >= 0.3 is 0 Å². The Morgan fingerprint density at radius 1 is 0.897 bits per heavy atom. The van der Waals surface area contributed by atoms with Crippen LogP contribution < -0.4 is 20.1 Å². The maximum absolute atomic E-state index is 6.07. The van der Waals surface area contributed by atoms with Crippen molar-refractivity contribution in [3.63, 3.8) is 0 Å². The number of nitrogens with one attached hydrogen (secondary N) is 2. The van der Waals surface area contributed by atoms with Crippen LogP contribution in [0.2, 0.25) is 0 Å². The van der Waals surface area contributed by atoms with Gasteiger partial charge in [-0.15, -0.1) is 24.8 Å². The van der Waals surface area contributed by atoms with E-state index in [0.29, 0.717) is 13.2 Å². The molecular formula is C22H33BrCl2N2O2. The molecule has 2 aromatic carbocycles. The van der Waals surface area contributed by atoms with Crippen LogP contribution in [-0.4, -0.2) is 26.2 Å². The highest BCUT2D eigenvalue weighted by atomic mass is 79.9. The Morgan fingerprint density at radius 2 is 1.59 bits per heavy atom. The van der Waals surface area contributed by atoms with Crippen molar-refractivity contribution in [1.29, 1.82) is 0 Å². The van der Waals surface area contributed by atoms with Crippen molar-refractivity contribution in [3.05, 3.63) is 57.6 Å². The molecule has 164 valence electrons. The summed E-state index contributed by atoms with van der Waals surface area (Å²) in [6.07, 6.45) is 1.12. The topological polar surface area (TPSA) is 42.5 Å². The molecule has 0 bridgehead atoms. The zero-order chi connectivity index (χ0) is 19.5. The average molecular weight is 508 g/mol. The van der Waals surface area contributed by atoms with Gasteiger partial charge in [0.1, 0.15) is 6.61 Å². The SMILES string of the molecule is CCNCCCNCc1cc(Br)c(OCc2ccc(C)cc2)c(OCC)c1.Cl.Cl. The summed E-state index contributed by atoms with van der Waals surface area (Å²) < 4.78 is 12.8. The van der Waals surface area contributed by atoms with Gasteiger partial charge in [-0.3, -0.25) is 0 Å². The monoisotopic (exact) mass is 506 g/mol. The van der Waals surface area contributed by atoms with Gasteiger partial charge in [0.15, 0.2) is 11.5 Å². The standard InChI is InChI=1S/C22H31BrN2O2.2ClH/c1-4-24-11-6-12-25-15-19-13-20(23)22(21(14-19)26-5-2)27-16-18-9-7-17(3)8-10-18;;/h7-10,13-14,24-25H,4-6,11-12,15-16H2,1-3H3;2*1H. The van der Waals surface area contributed by atoms with Gasteiger partial charge in [0.05, 0.1) is 11.1 Å². The second kappa shape index (κ2) is 15.8. The van der Waals surface area contributed by atoms with E-state index in [-0.39, 0.29) is 24.8 Å². The van der Waals surface area contributed by atoms with Gasteiger partial charge in [-0.2, -0.15) is 0 Å². The summed E-state index contributed by atoms with van der Waals surface area (Å²) in [5.74, 6) is 1.54. The minimum atomic E-state index is 0. The van der Waals surface area contributed by atoms with Crippen molar-refractivity contribution in [2.24, 2.45) is 0 Å². The van der Waals surface area contributed by atoms with Crippen LogP contribution in [0.15, 0.2) is 40.9 Å². The summed E-state index contributed by atoms with van der Waals surface area (Å²) in [6, 6.07) is 12.6. The highest BCUT2D eigenvalue weighted by molar-refractivity contribution is 9.10. The van der Waals surface area contributed by atoms with E-state index >= 15 is 0 Å². The van der Waals surface area contributed by atoms with E-state index in [1.807, 2.05) is 6.92 Å². The molecular weight excluding hydrogens is 475 g/mol. The zero-order valence-corrected chi connectivity index (χ0v) is 20.6. The molecule has 7 heteroatoms. The smallest absolute Gasteiger partial charge is 0.175 e. The third-order valence-electron chi connectivity index (χ3n) is 4.16.